The molecule has 0 aliphatic heterocycles. The van der Waals surface area contributed by atoms with E-state index in [9.17, 15) is 8.42 Å². The minimum atomic E-state index is -3.44. The molecule has 0 unspecified atom stereocenters. The van der Waals surface area contributed by atoms with Crippen LogP contribution in [0.15, 0.2) is 11.4 Å². The maximum absolute atomic E-state index is 11.6. The molecule has 0 spiro atoms. The van der Waals surface area contributed by atoms with Gasteiger partial charge in [0.1, 0.15) is 5.82 Å². The SMILES string of the molecule is CCCS(=O)(=O)Nc1c(C(N)=NO)cnn1C. The highest BCUT2D eigenvalue weighted by molar-refractivity contribution is 7.92. The van der Waals surface area contributed by atoms with Gasteiger partial charge < -0.3 is 10.9 Å². The molecule has 0 radical (unpaired) electrons. The second-order valence-corrected chi connectivity index (χ2v) is 5.28. The van der Waals surface area contributed by atoms with Crippen molar-refractivity contribution in [2.75, 3.05) is 10.5 Å². The zero-order valence-electron chi connectivity index (χ0n) is 9.58. The van der Waals surface area contributed by atoms with E-state index in [1.54, 1.807) is 14.0 Å². The van der Waals surface area contributed by atoms with Gasteiger partial charge in [-0.2, -0.15) is 5.10 Å². The third-order valence-corrected chi connectivity index (χ3v) is 3.50. The molecule has 0 bridgehead atoms. The Kier molecular flexibility index (Phi) is 3.94. The summed E-state index contributed by atoms with van der Waals surface area (Å²) in [6, 6.07) is 0. The summed E-state index contributed by atoms with van der Waals surface area (Å²) in [6.45, 7) is 1.76. The maximum Gasteiger partial charge on any atom is 0.233 e. The molecule has 0 atom stereocenters. The molecule has 0 aromatic carbocycles. The van der Waals surface area contributed by atoms with Gasteiger partial charge in [0, 0.05) is 7.05 Å². The number of nitrogens with one attached hydrogen (secondary N) is 1. The lowest BCUT2D eigenvalue weighted by atomic mass is 10.3. The smallest absolute Gasteiger partial charge is 0.233 e. The van der Waals surface area contributed by atoms with E-state index in [4.69, 9.17) is 10.9 Å². The fourth-order valence-electron chi connectivity index (χ4n) is 1.27. The highest BCUT2D eigenvalue weighted by Crippen LogP contribution is 2.15. The number of rotatable bonds is 5. The second-order valence-electron chi connectivity index (χ2n) is 3.44. The topological polar surface area (TPSA) is 123 Å². The molecule has 0 saturated heterocycles. The highest BCUT2D eigenvalue weighted by Gasteiger charge is 2.18. The Morgan fingerprint density at radius 2 is 2.35 bits per heavy atom. The standard InChI is InChI=1S/C8H15N5O3S/c1-3-4-17(15,16)12-8-6(7(9)11-14)5-10-13(8)2/h5,12,14H,3-4H2,1-2H3,(H2,9,11). The average molecular weight is 261 g/mol. The normalized spacial score (nSPS) is 12.7. The van der Waals surface area contributed by atoms with Gasteiger partial charge in [0.2, 0.25) is 10.0 Å². The molecule has 17 heavy (non-hydrogen) atoms. The number of aryl methyl sites for hydroxylation is 1. The molecule has 1 rings (SSSR count). The summed E-state index contributed by atoms with van der Waals surface area (Å²) in [4.78, 5) is 0. The molecule has 1 aromatic rings. The van der Waals surface area contributed by atoms with E-state index < -0.39 is 10.0 Å². The molecule has 9 heteroatoms. The number of hydrogen-bond donors (Lipinski definition) is 3. The summed E-state index contributed by atoms with van der Waals surface area (Å²) in [5.74, 6) is -0.0330. The van der Waals surface area contributed by atoms with E-state index >= 15 is 0 Å². The van der Waals surface area contributed by atoms with Gasteiger partial charge in [-0.15, -0.1) is 0 Å². The average Bonchev–Trinajstić information content (AvgIpc) is 2.59. The van der Waals surface area contributed by atoms with E-state index in [1.165, 1.54) is 10.9 Å². The quantitative estimate of drug-likeness (QED) is 0.290. The van der Waals surface area contributed by atoms with Crippen LogP contribution >= 0.6 is 0 Å². The van der Waals surface area contributed by atoms with Gasteiger partial charge in [0.05, 0.1) is 17.5 Å². The number of anilines is 1. The molecule has 0 aliphatic rings. The minimum absolute atomic E-state index is 0.00616. The lowest BCUT2D eigenvalue weighted by Gasteiger charge is -2.08. The number of hydrogen-bond acceptors (Lipinski definition) is 5. The predicted octanol–water partition coefficient (Wildman–Crippen LogP) is -0.334. The van der Waals surface area contributed by atoms with Crippen molar-refractivity contribution in [2.45, 2.75) is 13.3 Å². The van der Waals surface area contributed by atoms with Gasteiger partial charge >= 0.3 is 0 Å². The minimum Gasteiger partial charge on any atom is -0.409 e. The van der Waals surface area contributed by atoms with Crippen LogP contribution in [-0.2, 0) is 17.1 Å². The van der Waals surface area contributed by atoms with Crippen molar-refractivity contribution in [1.29, 1.82) is 0 Å². The van der Waals surface area contributed by atoms with Crippen LogP contribution in [0.1, 0.15) is 18.9 Å². The summed E-state index contributed by atoms with van der Waals surface area (Å²) in [6.07, 6.45) is 1.81. The van der Waals surface area contributed by atoms with E-state index in [-0.39, 0.29) is 23.0 Å². The number of nitrogens with two attached hydrogens (primary N) is 1. The molecule has 0 fully saturated rings. The fraction of sp³-hybridized carbons (Fsp3) is 0.500. The summed E-state index contributed by atoms with van der Waals surface area (Å²) >= 11 is 0. The summed E-state index contributed by atoms with van der Waals surface area (Å²) in [5.41, 5.74) is 5.64. The Balaban J connectivity index is 3.11. The third-order valence-electron chi connectivity index (χ3n) is 2.05. The van der Waals surface area contributed by atoms with Crippen LogP contribution in [0, 0.1) is 0 Å². The molecule has 1 aromatic heterocycles. The molecule has 0 amide bonds. The molecule has 96 valence electrons. The van der Waals surface area contributed by atoms with Gasteiger partial charge in [-0.25, -0.2) is 8.42 Å². The summed E-state index contributed by atoms with van der Waals surface area (Å²) in [7, 11) is -1.89. The van der Waals surface area contributed by atoms with Crippen molar-refractivity contribution in [3.8, 4) is 0 Å². The highest BCUT2D eigenvalue weighted by atomic mass is 32.2. The lowest BCUT2D eigenvalue weighted by molar-refractivity contribution is 0.318. The van der Waals surface area contributed by atoms with Gasteiger partial charge in [0.25, 0.3) is 0 Å². The summed E-state index contributed by atoms with van der Waals surface area (Å²) < 4.78 is 26.9. The Hall–Kier alpha value is -1.77. The lowest BCUT2D eigenvalue weighted by Crippen LogP contribution is -2.22. The Bertz CT molecular complexity index is 519. The van der Waals surface area contributed by atoms with Gasteiger partial charge in [0.15, 0.2) is 5.84 Å². The molecular formula is C8H15N5O3S. The van der Waals surface area contributed by atoms with Crippen LogP contribution in [0.5, 0.6) is 0 Å². The van der Waals surface area contributed by atoms with Crippen LogP contribution in [0.4, 0.5) is 5.82 Å². The molecule has 0 aliphatic carbocycles. The van der Waals surface area contributed by atoms with Crippen LogP contribution in [-0.4, -0.2) is 35.0 Å². The van der Waals surface area contributed by atoms with E-state index in [1.807, 2.05) is 0 Å². The van der Waals surface area contributed by atoms with Gasteiger partial charge in [-0.05, 0) is 6.42 Å². The zero-order chi connectivity index (χ0) is 13.1. The predicted molar refractivity (Wildman–Crippen MR) is 63.4 cm³/mol. The molecule has 1 heterocycles. The van der Waals surface area contributed by atoms with Crippen LogP contribution in [0.2, 0.25) is 0 Å². The van der Waals surface area contributed by atoms with Crippen molar-refractivity contribution in [3.63, 3.8) is 0 Å². The molecule has 4 N–H and O–H groups in total. The van der Waals surface area contributed by atoms with E-state index in [2.05, 4.69) is 15.0 Å². The first-order valence-electron chi connectivity index (χ1n) is 4.91. The van der Waals surface area contributed by atoms with Crippen LogP contribution in [0.25, 0.3) is 0 Å². The van der Waals surface area contributed by atoms with E-state index in [0.717, 1.165) is 0 Å². The number of sulfonamides is 1. The van der Waals surface area contributed by atoms with E-state index in [0.29, 0.717) is 6.42 Å². The Morgan fingerprint density at radius 3 is 2.88 bits per heavy atom. The molecular weight excluding hydrogens is 246 g/mol. The van der Waals surface area contributed by atoms with Gasteiger partial charge in [-0.1, -0.05) is 12.1 Å². The van der Waals surface area contributed by atoms with Gasteiger partial charge in [-0.3, -0.25) is 9.40 Å². The molecule has 0 saturated carbocycles. The van der Waals surface area contributed by atoms with Crippen molar-refractivity contribution >= 4 is 21.7 Å². The number of aromatic nitrogens is 2. The molecule has 8 nitrogen and oxygen atoms in total. The van der Waals surface area contributed by atoms with Crippen LogP contribution in [0.3, 0.4) is 0 Å². The van der Waals surface area contributed by atoms with Crippen molar-refractivity contribution in [2.24, 2.45) is 17.9 Å². The largest absolute Gasteiger partial charge is 0.409 e. The summed E-state index contributed by atoms with van der Waals surface area (Å²) in [5, 5.41) is 15.2. The van der Waals surface area contributed by atoms with Crippen LogP contribution < -0.4 is 10.5 Å². The number of nitrogens with zero attached hydrogens (tertiary/aromatic N) is 3. The maximum atomic E-state index is 11.6. The van der Waals surface area contributed by atoms with Crippen molar-refractivity contribution in [1.82, 2.24) is 9.78 Å². The Morgan fingerprint density at radius 1 is 1.71 bits per heavy atom. The number of amidine groups is 1. The fourth-order valence-corrected chi connectivity index (χ4v) is 2.44. The first kappa shape index (κ1) is 13.3. The zero-order valence-corrected chi connectivity index (χ0v) is 10.4. The second kappa shape index (κ2) is 5.04. The Labute approximate surface area is 99.2 Å². The first-order valence-corrected chi connectivity index (χ1v) is 6.57. The third kappa shape index (κ3) is 3.09. The van der Waals surface area contributed by atoms with Crippen molar-refractivity contribution in [3.05, 3.63) is 11.8 Å². The number of oxime groups is 1. The van der Waals surface area contributed by atoms with Crippen molar-refractivity contribution < 1.29 is 13.6 Å². The monoisotopic (exact) mass is 261 g/mol. The first-order chi connectivity index (χ1) is 7.91.